The van der Waals surface area contributed by atoms with Gasteiger partial charge in [-0.3, -0.25) is 4.79 Å². The molecule has 2 aromatic rings. The van der Waals surface area contributed by atoms with Gasteiger partial charge in [0.2, 0.25) is 10.0 Å². The molecule has 0 saturated heterocycles. The molecule has 0 atom stereocenters. The molecular weight excluding hydrogens is 348 g/mol. The maximum atomic E-state index is 12.5. The lowest BCUT2D eigenvalue weighted by molar-refractivity contribution is 0.102. The van der Waals surface area contributed by atoms with Gasteiger partial charge in [-0.05, 0) is 61.7 Å². The molecule has 0 saturated carbocycles. The van der Waals surface area contributed by atoms with Gasteiger partial charge < -0.3 is 5.32 Å². The predicted octanol–water partition coefficient (Wildman–Crippen LogP) is 3.98. The summed E-state index contributed by atoms with van der Waals surface area (Å²) in [4.78, 5) is 12.6. The zero-order chi connectivity index (χ0) is 19.3. The van der Waals surface area contributed by atoms with Gasteiger partial charge in [0.1, 0.15) is 0 Å². The van der Waals surface area contributed by atoms with Crippen LogP contribution in [-0.4, -0.2) is 32.2 Å². The average Bonchev–Trinajstić information content (AvgIpc) is 2.62. The number of aryl methyl sites for hydroxylation is 2. The number of nitrogens with one attached hydrogen (secondary N) is 1. The zero-order valence-electron chi connectivity index (χ0n) is 15.7. The van der Waals surface area contributed by atoms with E-state index in [2.05, 4.69) is 5.32 Å². The van der Waals surface area contributed by atoms with E-state index in [0.29, 0.717) is 12.1 Å². The van der Waals surface area contributed by atoms with Crippen molar-refractivity contribution >= 4 is 21.6 Å². The number of benzene rings is 2. The number of unbranched alkanes of at least 4 members (excludes halogenated alkanes) is 1. The summed E-state index contributed by atoms with van der Waals surface area (Å²) in [6.45, 7) is 6.39. The predicted molar refractivity (Wildman–Crippen MR) is 105 cm³/mol. The first-order valence-electron chi connectivity index (χ1n) is 8.70. The van der Waals surface area contributed by atoms with Gasteiger partial charge in [-0.15, -0.1) is 0 Å². The second-order valence-electron chi connectivity index (χ2n) is 6.48. The Morgan fingerprint density at radius 3 is 2.35 bits per heavy atom. The molecule has 0 fully saturated rings. The van der Waals surface area contributed by atoms with Crippen molar-refractivity contribution in [3.63, 3.8) is 0 Å². The molecule has 0 spiro atoms. The summed E-state index contributed by atoms with van der Waals surface area (Å²) < 4.78 is 26.4. The van der Waals surface area contributed by atoms with Crippen LogP contribution in [0.3, 0.4) is 0 Å². The molecule has 6 heteroatoms. The number of anilines is 1. The van der Waals surface area contributed by atoms with Crippen LogP contribution >= 0.6 is 0 Å². The minimum atomic E-state index is -3.52. The molecule has 1 amide bonds. The van der Waals surface area contributed by atoms with Crippen molar-refractivity contribution in [2.75, 3.05) is 18.9 Å². The first-order chi connectivity index (χ1) is 12.3. The quantitative estimate of drug-likeness (QED) is 0.797. The fraction of sp³-hybridized carbons (Fsp3) is 0.350. The number of amides is 1. The minimum Gasteiger partial charge on any atom is -0.322 e. The Balaban J connectivity index is 2.16. The Hall–Kier alpha value is -2.18. The van der Waals surface area contributed by atoms with E-state index in [-0.39, 0.29) is 10.8 Å². The van der Waals surface area contributed by atoms with Crippen LogP contribution in [0.25, 0.3) is 0 Å². The molecule has 5 nitrogen and oxygen atoms in total. The van der Waals surface area contributed by atoms with Gasteiger partial charge in [0.25, 0.3) is 5.91 Å². The van der Waals surface area contributed by atoms with Crippen LogP contribution in [0.15, 0.2) is 47.4 Å². The molecule has 1 N–H and O–H groups in total. The number of hydrogen-bond acceptors (Lipinski definition) is 3. The third-order valence-electron chi connectivity index (χ3n) is 4.29. The van der Waals surface area contributed by atoms with Crippen LogP contribution in [-0.2, 0) is 10.0 Å². The average molecular weight is 375 g/mol. The van der Waals surface area contributed by atoms with Gasteiger partial charge in [0, 0.05) is 24.8 Å². The first kappa shape index (κ1) is 20.1. The van der Waals surface area contributed by atoms with Crippen LogP contribution in [0.2, 0.25) is 0 Å². The minimum absolute atomic E-state index is 0.194. The Labute approximate surface area is 156 Å². The monoisotopic (exact) mass is 374 g/mol. The number of carbonyl (C=O) groups is 1. The van der Waals surface area contributed by atoms with E-state index in [4.69, 9.17) is 0 Å². The van der Waals surface area contributed by atoms with Crippen LogP contribution in [0.5, 0.6) is 0 Å². The standard InChI is InChI=1S/C20H26N2O3S/c1-5-6-13-22(4)26(24,25)18-11-9-17(10-12-18)20(23)21-19-14-15(2)7-8-16(19)3/h7-12,14H,5-6,13H2,1-4H3,(H,21,23). The van der Waals surface area contributed by atoms with Gasteiger partial charge >= 0.3 is 0 Å². The molecule has 0 aliphatic carbocycles. The van der Waals surface area contributed by atoms with Gasteiger partial charge in [0.05, 0.1) is 4.90 Å². The van der Waals surface area contributed by atoms with Gasteiger partial charge in [-0.25, -0.2) is 12.7 Å². The van der Waals surface area contributed by atoms with Crippen LogP contribution < -0.4 is 5.32 Å². The molecule has 0 unspecified atom stereocenters. The molecule has 0 radical (unpaired) electrons. The molecule has 0 heterocycles. The van der Waals surface area contributed by atoms with Crippen molar-refractivity contribution in [2.45, 2.75) is 38.5 Å². The maximum absolute atomic E-state index is 12.5. The van der Waals surface area contributed by atoms with Crippen molar-refractivity contribution in [3.05, 3.63) is 59.2 Å². The summed E-state index contributed by atoms with van der Waals surface area (Å²) >= 11 is 0. The Morgan fingerprint density at radius 1 is 1.08 bits per heavy atom. The van der Waals surface area contributed by atoms with Crippen molar-refractivity contribution < 1.29 is 13.2 Å². The SMILES string of the molecule is CCCCN(C)S(=O)(=O)c1ccc(C(=O)Nc2cc(C)ccc2C)cc1. The second kappa shape index (κ2) is 8.47. The van der Waals surface area contributed by atoms with E-state index in [1.807, 2.05) is 39.0 Å². The van der Waals surface area contributed by atoms with E-state index in [9.17, 15) is 13.2 Å². The lowest BCUT2D eigenvalue weighted by atomic mass is 10.1. The summed E-state index contributed by atoms with van der Waals surface area (Å²) in [5.74, 6) is -0.262. The summed E-state index contributed by atoms with van der Waals surface area (Å²) in [6.07, 6.45) is 1.74. The van der Waals surface area contributed by atoms with Crippen molar-refractivity contribution in [3.8, 4) is 0 Å². The molecule has 0 aliphatic rings. The number of sulfonamides is 1. The number of carbonyl (C=O) groups excluding carboxylic acids is 1. The lowest BCUT2D eigenvalue weighted by Crippen LogP contribution is -2.28. The highest BCUT2D eigenvalue weighted by Crippen LogP contribution is 2.19. The number of hydrogen-bond donors (Lipinski definition) is 1. The number of nitrogens with zero attached hydrogens (tertiary/aromatic N) is 1. The van der Waals surface area contributed by atoms with Crippen molar-refractivity contribution in [1.29, 1.82) is 0 Å². The molecular formula is C20H26N2O3S. The van der Waals surface area contributed by atoms with E-state index in [1.54, 1.807) is 19.2 Å². The van der Waals surface area contributed by atoms with Gasteiger partial charge in [-0.2, -0.15) is 0 Å². The highest BCUT2D eigenvalue weighted by molar-refractivity contribution is 7.89. The molecule has 26 heavy (non-hydrogen) atoms. The first-order valence-corrected chi connectivity index (χ1v) is 10.1. The molecule has 0 bridgehead atoms. The second-order valence-corrected chi connectivity index (χ2v) is 8.52. The number of rotatable bonds is 7. The fourth-order valence-electron chi connectivity index (χ4n) is 2.52. The Morgan fingerprint density at radius 2 is 1.73 bits per heavy atom. The van der Waals surface area contributed by atoms with Crippen LogP contribution in [0.4, 0.5) is 5.69 Å². The fourth-order valence-corrected chi connectivity index (χ4v) is 3.73. The third kappa shape index (κ3) is 4.71. The smallest absolute Gasteiger partial charge is 0.255 e. The lowest BCUT2D eigenvalue weighted by Gasteiger charge is -2.17. The summed E-state index contributed by atoms with van der Waals surface area (Å²) in [5.41, 5.74) is 3.20. The Bertz CT molecular complexity index is 874. The summed E-state index contributed by atoms with van der Waals surface area (Å²) in [7, 11) is -1.95. The molecule has 2 rings (SSSR count). The van der Waals surface area contributed by atoms with Crippen LogP contribution in [0.1, 0.15) is 41.3 Å². The Kier molecular flexibility index (Phi) is 6.56. The van der Waals surface area contributed by atoms with Crippen molar-refractivity contribution in [2.24, 2.45) is 0 Å². The van der Waals surface area contributed by atoms with E-state index >= 15 is 0 Å². The molecule has 2 aromatic carbocycles. The highest BCUT2D eigenvalue weighted by atomic mass is 32.2. The van der Waals surface area contributed by atoms with Gasteiger partial charge in [-0.1, -0.05) is 25.5 Å². The largest absolute Gasteiger partial charge is 0.322 e. The normalized spacial score (nSPS) is 11.6. The third-order valence-corrected chi connectivity index (χ3v) is 6.16. The van der Waals surface area contributed by atoms with E-state index in [0.717, 1.165) is 29.7 Å². The molecule has 140 valence electrons. The van der Waals surface area contributed by atoms with Crippen LogP contribution in [0, 0.1) is 13.8 Å². The highest BCUT2D eigenvalue weighted by Gasteiger charge is 2.20. The van der Waals surface area contributed by atoms with Gasteiger partial charge in [0.15, 0.2) is 0 Å². The molecule has 0 aromatic heterocycles. The van der Waals surface area contributed by atoms with E-state index in [1.165, 1.54) is 16.4 Å². The zero-order valence-corrected chi connectivity index (χ0v) is 16.6. The summed E-state index contributed by atoms with van der Waals surface area (Å²) in [6, 6.07) is 11.9. The van der Waals surface area contributed by atoms with E-state index < -0.39 is 10.0 Å². The summed E-state index contributed by atoms with van der Waals surface area (Å²) in [5, 5.41) is 2.88. The maximum Gasteiger partial charge on any atom is 0.255 e. The topological polar surface area (TPSA) is 66.5 Å². The van der Waals surface area contributed by atoms with Crippen molar-refractivity contribution in [1.82, 2.24) is 4.31 Å². The molecule has 0 aliphatic heterocycles.